The zero-order valence-electron chi connectivity index (χ0n) is 35.5. The lowest BCUT2D eigenvalue weighted by Gasteiger charge is -2.74. The van der Waals surface area contributed by atoms with Crippen molar-refractivity contribution >= 4 is 5.97 Å². The van der Waals surface area contributed by atoms with Gasteiger partial charge in [-0.15, -0.1) is 0 Å². The average Bonchev–Trinajstić information content (AvgIpc) is 3.43. The molecule has 12 atom stereocenters. The number of rotatable bonds is 18. The van der Waals surface area contributed by atoms with Gasteiger partial charge < -0.3 is 14.9 Å². The molecule has 0 unspecified atom stereocenters. The molecule has 5 saturated carbocycles. The largest absolute Gasteiger partial charge is 0.462 e. The number of unbranched alkanes of at least 4 members (excludes halogenated alkanes) is 14. The van der Waals surface area contributed by atoms with Gasteiger partial charge in [0.15, 0.2) is 0 Å². The Morgan fingerprint density at radius 1 is 0.692 bits per heavy atom. The molecule has 300 valence electrons. The first-order chi connectivity index (χ1) is 24.6. The zero-order valence-corrected chi connectivity index (χ0v) is 35.5. The van der Waals surface area contributed by atoms with Crippen LogP contribution in [-0.2, 0) is 9.53 Å². The predicted molar refractivity (Wildman–Crippen MR) is 217 cm³/mol. The molecular weight excluding hydrogens is 641 g/mol. The van der Waals surface area contributed by atoms with Crippen LogP contribution in [-0.4, -0.2) is 34.5 Å². The Morgan fingerprint density at radius 2 is 1.25 bits per heavy atom. The smallest absolute Gasteiger partial charge is 0.306 e. The fourth-order valence-electron chi connectivity index (χ4n) is 14.6. The molecule has 5 fully saturated rings. The van der Waals surface area contributed by atoms with Crippen molar-refractivity contribution in [2.45, 2.75) is 228 Å². The summed E-state index contributed by atoms with van der Waals surface area (Å²) in [4.78, 5) is 13.2. The number of ether oxygens (including phenoxy) is 1. The minimum absolute atomic E-state index is 0.0254. The third-order valence-corrected chi connectivity index (χ3v) is 17.8. The molecule has 0 amide bonds. The standard InChI is InChI=1S/C48H84O4/c1-10-11-12-13-14-15-16-17-18-19-20-21-22-23-24-25-42(51)52-41-29-31-46(7)37-27-26-36-43-35(34(2)3)28-30-45(43,6)33-40(50)47(36,8)48(37,9)39(49)32-38(46)44(41,4)5/h35-41,43,49-50H,2,10-33H2,1,3-9H3/t35-,36+,37+,38-,39-,40-,41-,43+,45+,46+,47-,48-/m0/s1. The van der Waals surface area contributed by atoms with Crippen LogP contribution in [0.5, 0.6) is 0 Å². The SMILES string of the molecule is C=C(C)[C@@H]1CC[C@]2(C)C[C@H](O)[C@]3(C)[C@H](CC[C@@H]4[C@@]5(C)CC[C@H](OC(=O)CCCCCCCCCCCCCCCCC)C(C)(C)[C@@H]5C[C@H](O)[C@]43C)[C@@H]12. The molecule has 4 heteroatoms. The van der Waals surface area contributed by atoms with Crippen LogP contribution in [0.4, 0.5) is 0 Å². The number of esters is 1. The summed E-state index contributed by atoms with van der Waals surface area (Å²) in [7, 11) is 0. The van der Waals surface area contributed by atoms with Crippen LogP contribution in [0.3, 0.4) is 0 Å². The highest BCUT2D eigenvalue weighted by Crippen LogP contribution is 2.77. The maximum atomic E-state index is 13.2. The molecular formula is C48H84O4. The number of hydrogen-bond donors (Lipinski definition) is 2. The lowest BCUT2D eigenvalue weighted by molar-refractivity contribution is -0.306. The molecule has 52 heavy (non-hydrogen) atoms. The minimum Gasteiger partial charge on any atom is -0.462 e. The molecule has 5 aliphatic rings. The summed E-state index contributed by atoms with van der Waals surface area (Å²) >= 11 is 0. The molecule has 5 rings (SSSR count). The Hall–Kier alpha value is -0.870. The van der Waals surface area contributed by atoms with Gasteiger partial charge in [-0.3, -0.25) is 4.79 Å². The van der Waals surface area contributed by atoms with Gasteiger partial charge in [0.05, 0.1) is 12.2 Å². The van der Waals surface area contributed by atoms with E-state index in [0.29, 0.717) is 30.1 Å². The fraction of sp³-hybridized carbons (Fsp3) is 0.938. The van der Waals surface area contributed by atoms with Gasteiger partial charge in [-0.1, -0.05) is 151 Å². The second-order valence-corrected chi connectivity index (χ2v) is 21.0. The predicted octanol–water partition coefficient (Wildman–Crippen LogP) is 12.8. The lowest BCUT2D eigenvalue weighted by Crippen LogP contribution is -2.73. The van der Waals surface area contributed by atoms with Crippen molar-refractivity contribution in [2.75, 3.05) is 0 Å². The normalized spacial score (nSPS) is 42.1. The molecule has 0 aliphatic heterocycles. The summed E-state index contributed by atoms with van der Waals surface area (Å²) < 4.78 is 6.36. The number of aliphatic hydroxyl groups is 2. The summed E-state index contributed by atoms with van der Waals surface area (Å²) in [6, 6.07) is 0. The summed E-state index contributed by atoms with van der Waals surface area (Å²) in [5.74, 6) is 2.02. The highest BCUT2D eigenvalue weighted by Gasteiger charge is 2.75. The van der Waals surface area contributed by atoms with E-state index in [-0.39, 0.29) is 45.1 Å². The van der Waals surface area contributed by atoms with Crippen molar-refractivity contribution in [3.63, 3.8) is 0 Å². The van der Waals surface area contributed by atoms with Crippen molar-refractivity contribution < 1.29 is 19.7 Å². The van der Waals surface area contributed by atoms with Crippen molar-refractivity contribution in [3.05, 3.63) is 12.2 Å². The molecule has 5 aliphatic carbocycles. The maximum Gasteiger partial charge on any atom is 0.306 e. The van der Waals surface area contributed by atoms with Crippen LogP contribution >= 0.6 is 0 Å². The maximum absolute atomic E-state index is 13.2. The molecule has 0 radical (unpaired) electrons. The topological polar surface area (TPSA) is 66.8 Å². The molecule has 0 spiro atoms. The van der Waals surface area contributed by atoms with E-state index in [0.717, 1.165) is 51.4 Å². The first-order valence-electron chi connectivity index (χ1n) is 22.8. The van der Waals surface area contributed by atoms with E-state index in [4.69, 9.17) is 4.74 Å². The van der Waals surface area contributed by atoms with Crippen molar-refractivity contribution in [3.8, 4) is 0 Å². The second-order valence-electron chi connectivity index (χ2n) is 21.0. The van der Waals surface area contributed by atoms with Crippen molar-refractivity contribution in [1.29, 1.82) is 0 Å². The first-order valence-corrected chi connectivity index (χ1v) is 22.8. The van der Waals surface area contributed by atoms with Crippen LogP contribution < -0.4 is 0 Å². The number of aliphatic hydroxyl groups excluding tert-OH is 2. The number of carbonyl (C=O) groups is 1. The third-order valence-electron chi connectivity index (χ3n) is 17.8. The van der Waals surface area contributed by atoms with E-state index in [1.165, 1.54) is 102 Å². The van der Waals surface area contributed by atoms with Gasteiger partial charge in [0.1, 0.15) is 6.10 Å². The summed E-state index contributed by atoms with van der Waals surface area (Å²) in [6.07, 6.45) is 27.5. The first kappa shape index (κ1) is 42.3. The van der Waals surface area contributed by atoms with E-state index in [1.54, 1.807) is 0 Å². The highest BCUT2D eigenvalue weighted by molar-refractivity contribution is 5.69. The van der Waals surface area contributed by atoms with Crippen molar-refractivity contribution in [1.82, 2.24) is 0 Å². The molecule has 4 nitrogen and oxygen atoms in total. The van der Waals surface area contributed by atoms with Gasteiger partial charge in [0, 0.05) is 22.7 Å². The van der Waals surface area contributed by atoms with Gasteiger partial charge >= 0.3 is 5.97 Å². The number of carbonyl (C=O) groups excluding carboxylic acids is 1. The molecule has 0 saturated heterocycles. The minimum atomic E-state index is -0.485. The Kier molecular flexibility index (Phi) is 13.9. The quantitative estimate of drug-likeness (QED) is 0.0839. The van der Waals surface area contributed by atoms with Crippen LogP contribution in [0.1, 0.15) is 209 Å². The van der Waals surface area contributed by atoms with Gasteiger partial charge in [0.25, 0.3) is 0 Å². The van der Waals surface area contributed by atoms with Crippen molar-refractivity contribution in [2.24, 2.45) is 56.7 Å². The lowest BCUT2D eigenvalue weighted by atomic mass is 9.31. The fourth-order valence-corrected chi connectivity index (χ4v) is 14.6. The Labute approximate surface area is 321 Å². The summed E-state index contributed by atoms with van der Waals surface area (Å²) in [5, 5.41) is 24.7. The molecule has 2 N–H and O–H groups in total. The average molecular weight is 725 g/mol. The van der Waals surface area contributed by atoms with E-state index >= 15 is 0 Å². The second kappa shape index (κ2) is 17.1. The molecule has 0 aromatic carbocycles. The third kappa shape index (κ3) is 7.76. The highest BCUT2D eigenvalue weighted by atomic mass is 16.5. The van der Waals surface area contributed by atoms with Gasteiger partial charge in [-0.05, 0) is 105 Å². The Morgan fingerprint density at radius 3 is 1.81 bits per heavy atom. The summed E-state index contributed by atoms with van der Waals surface area (Å²) in [5.41, 5.74) is 0.581. The van der Waals surface area contributed by atoms with Gasteiger partial charge in [-0.25, -0.2) is 0 Å². The van der Waals surface area contributed by atoms with Crippen LogP contribution in [0.2, 0.25) is 0 Å². The van der Waals surface area contributed by atoms with Gasteiger partial charge in [-0.2, -0.15) is 0 Å². The van der Waals surface area contributed by atoms with Crippen LogP contribution in [0, 0.1) is 56.7 Å². The molecule has 0 bridgehead atoms. The Balaban J connectivity index is 1.11. The Bertz CT molecular complexity index is 1190. The van der Waals surface area contributed by atoms with Crippen LogP contribution in [0.15, 0.2) is 12.2 Å². The zero-order chi connectivity index (χ0) is 38.0. The van der Waals surface area contributed by atoms with Crippen LogP contribution in [0.25, 0.3) is 0 Å². The molecule has 0 heterocycles. The van der Waals surface area contributed by atoms with E-state index in [1.807, 2.05) is 0 Å². The van der Waals surface area contributed by atoms with Gasteiger partial charge in [0.2, 0.25) is 0 Å². The number of hydrogen-bond acceptors (Lipinski definition) is 4. The molecule has 0 aromatic heterocycles. The van der Waals surface area contributed by atoms with E-state index < -0.39 is 12.2 Å². The van der Waals surface area contributed by atoms with E-state index in [2.05, 4.69) is 62.0 Å². The summed E-state index contributed by atoms with van der Waals surface area (Å²) in [6.45, 7) is 23.3. The monoisotopic (exact) mass is 725 g/mol. The molecule has 0 aromatic rings. The number of fused-ring (bicyclic) bond motifs is 7. The van der Waals surface area contributed by atoms with E-state index in [9.17, 15) is 15.0 Å². The number of allylic oxidation sites excluding steroid dienone is 1.